The minimum absolute atomic E-state index is 0.102. The first-order chi connectivity index (χ1) is 7.80. The Hall–Kier alpha value is -1.04. The van der Waals surface area contributed by atoms with Gasteiger partial charge in [-0.25, -0.2) is 0 Å². The standard InChI is InChI=1S/C10H10Cl2N2O3/c1-10(15)4-13(5-10)8-2-6(11)7(12)3-9(8)14(16)17/h2-3,15H,4-5H2,1H3. The van der Waals surface area contributed by atoms with Gasteiger partial charge in [0.15, 0.2) is 0 Å². The first kappa shape index (κ1) is 12.4. The number of benzene rings is 1. The molecule has 0 bridgehead atoms. The van der Waals surface area contributed by atoms with Crippen molar-refractivity contribution in [1.82, 2.24) is 0 Å². The first-order valence-electron chi connectivity index (χ1n) is 4.91. The summed E-state index contributed by atoms with van der Waals surface area (Å²) in [6.07, 6.45) is 0. The topological polar surface area (TPSA) is 66.6 Å². The number of anilines is 1. The van der Waals surface area contributed by atoms with Crippen LogP contribution in [-0.4, -0.2) is 28.7 Å². The zero-order chi connectivity index (χ0) is 12.8. The third-order valence-electron chi connectivity index (χ3n) is 2.62. The van der Waals surface area contributed by atoms with Gasteiger partial charge in [-0.15, -0.1) is 0 Å². The quantitative estimate of drug-likeness (QED) is 0.666. The van der Waals surface area contributed by atoms with Crippen molar-refractivity contribution in [1.29, 1.82) is 0 Å². The monoisotopic (exact) mass is 276 g/mol. The summed E-state index contributed by atoms with van der Waals surface area (Å²) in [5.41, 5.74) is -0.522. The number of nitro groups is 1. The molecule has 0 spiro atoms. The molecule has 1 fully saturated rings. The third kappa shape index (κ3) is 2.31. The molecule has 2 rings (SSSR count). The van der Waals surface area contributed by atoms with Crippen molar-refractivity contribution in [2.75, 3.05) is 18.0 Å². The molecule has 0 radical (unpaired) electrons. The van der Waals surface area contributed by atoms with E-state index in [2.05, 4.69) is 0 Å². The largest absolute Gasteiger partial charge is 0.386 e. The van der Waals surface area contributed by atoms with Crippen LogP contribution >= 0.6 is 23.2 Å². The Morgan fingerprint density at radius 1 is 1.41 bits per heavy atom. The van der Waals surface area contributed by atoms with E-state index in [1.54, 1.807) is 11.8 Å². The van der Waals surface area contributed by atoms with Gasteiger partial charge in [-0.2, -0.15) is 0 Å². The van der Waals surface area contributed by atoms with E-state index in [-0.39, 0.29) is 15.7 Å². The van der Waals surface area contributed by atoms with E-state index in [9.17, 15) is 15.2 Å². The van der Waals surface area contributed by atoms with Gasteiger partial charge < -0.3 is 10.0 Å². The summed E-state index contributed by atoms with van der Waals surface area (Å²) in [6, 6.07) is 2.68. The highest BCUT2D eigenvalue weighted by atomic mass is 35.5. The lowest BCUT2D eigenvalue weighted by atomic mass is 9.96. The van der Waals surface area contributed by atoms with Crippen molar-refractivity contribution in [3.63, 3.8) is 0 Å². The Balaban J connectivity index is 2.39. The summed E-state index contributed by atoms with van der Waals surface area (Å²) in [6.45, 7) is 2.35. The van der Waals surface area contributed by atoms with Crippen molar-refractivity contribution >= 4 is 34.6 Å². The molecule has 7 heteroatoms. The Morgan fingerprint density at radius 2 is 1.94 bits per heavy atom. The van der Waals surface area contributed by atoms with Gasteiger partial charge in [-0.3, -0.25) is 10.1 Å². The highest BCUT2D eigenvalue weighted by molar-refractivity contribution is 6.42. The van der Waals surface area contributed by atoms with Crippen LogP contribution < -0.4 is 4.90 Å². The Kier molecular flexibility index (Phi) is 2.93. The van der Waals surface area contributed by atoms with Crippen LogP contribution in [0.2, 0.25) is 10.0 Å². The summed E-state index contributed by atoms with van der Waals surface area (Å²) < 4.78 is 0. The fourth-order valence-corrected chi connectivity index (χ4v) is 2.19. The molecule has 1 saturated heterocycles. The van der Waals surface area contributed by atoms with Crippen LogP contribution in [0.1, 0.15) is 6.92 Å². The molecular weight excluding hydrogens is 267 g/mol. The Bertz CT molecular complexity index is 483. The predicted octanol–water partition coefficient (Wildman–Crippen LogP) is 2.47. The van der Waals surface area contributed by atoms with Crippen LogP contribution in [-0.2, 0) is 0 Å². The maximum Gasteiger partial charge on any atom is 0.294 e. The van der Waals surface area contributed by atoms with Crippen molar-refractivity contribution in [3.8, 4) is 0 Å². The lowest BCUT2D eigenvalue weighted by Crippen LogP contribution is -2.60. The average molecular weight is 277 g/mol. The van der Waals surface area contributed by atoms with Crippen LogP contribution in [0.3, 0.4) is 0 Å². The normalized spacial score (nSPS) is 17.8. The van der Waals surface area contributed by atoms with E-state index in [1.165, 1.54) is 12.1 Å². The van der Waals surface area contributed by atoms with Crippen molar-refractivity contribution in [2.45, 2.75) is 12.5 Å². The molecule has 1 aromatic carbocycles. The number of hydrogen-bond donors (Lipinski definition) is 1. The maximum atomic E-state index is 10.9. The van der Waals surface area contributed by atoms with E-state index >= 15 is 0 Å². The van der Waals surface area contributed by atoms with Crippen molar-refractivity contribution < 1.29 is 10.0 Å². The lowest BCUT2D eigenvalue weighted by Gasteiger charge is -2.45. The highest BCUT2D eigenvalue weighted by Crippen LogP contribution is 2.39. The molecule has 17 heavy (non-hydrogen) atoms. The fourth-order valence-electron chi connectivity index (χ4n) is 1.87. The first-order valence-corrected chi connectivity index (χ1v) is 5.66. The van der Waals surface area contributed by atoms with Gasteiger partial charge in [-0.05, 0) is 13.0 Å². The van der Waals surface area contributed by atoms with E-state index in [4.69, 9.17) is 23.2 Å². The minimum Gasteiger partial charge on any atom is -0.386 e. The summed E-state index contributed by atoms with van der Waals surface area (Å²) in [7, 11) is 0. The molecule has 1 aliphatic heterocycles. The fraction of sp³-hybridized carbons (Fsp3) is 0.400. The number of nitro benzene ring substituents is 1. The van der Waals surface area contributed by atoms with Crippen LogP contribution in [0.25, 0.3) is 0 Å². The minimum atomic E-state index is -0.806. The van der Waals surface area contributed by atoms with Crippen molar-refractivity contribution in [3.05, 3.63) is 32.3 Å². The van der Waals surface area contributed by atoms with Gasteiger partial charge in [0.25, 0.3) is 5.69 Å². The molecule has 0 aromatic heterocycles. The zero-order valence-electron chi connectivity index (χ0n) is 8.98. The molecule has 1 N–H and O–H groups in total. The SMILES string of the molecule is CC1(O)CN(c2cc(Cl)c(Cl)cc2[N+](=O)[O-])C1. The molecule has 0 saturated carbocycles. The average Bonchev–Trinajstić information content (AvgIpc) is 2.17. The van der Waals surface area contributed by atoms with Crippen LogP contribution in [0, 0.1) is 10.1 Å². The molecule has 0 aliphatic carbocycles. The Morgan fingerprint density at radius 3 is 2.41 bits per heavy atom. The second-order valence-corrected chi connectivity index (χ2v) is 5.18. The summed E-state index contributed by atoms with van der Waals surface area (Å²) in [4.78, 5) is 12.1. The molecule has 0 atom stereocenters. The van der Waals surface area contributed by atoms with Crippen LogP contribution in [0.4, 0.5) is 11.4 Å². The van der Waals surface area contributed by atoms with Crippen molar-refractivity contribution in [2.24, 2.45) is 0 Å². The number of nitrogens with zero attached hydrogens (tertiary/aromatic N) is 2. The van der Waals surface area contributed by atoms with Gasteiger partial charge in [0.05, 0.1) is 20.6 Å². The van der Waals surface area contributed by atoms with Gasteiger partial charge in [0.1, 0.15) is 5.69 Å². The number of β-amino-alcohol motifs (C(OH)–C–C–N with tert-alkyl or cyclic N) is 1. The molecule has 0 unspecified atom stereocenters. The number of halogens is 2. The summed E-state index contributed by atoms with van der Waals surface area (Å²) >= 11 is 11.6. The summed E-state index contributed by atoms with van der Waals surface area (Å²) in [5, 5.41) is 20.9. The second kappa shape index (κ2) is 4.01. The lowest BCUT2D eigenvalue weighted by molar-refractivity contribution is -0.384. The molecular formula is C10H10Cl2N2O3. The van der Waals surface area contributed by atoms with Gasteiger partial charge >= 0.3 is 0 Å². The zero-order valence-corrected chi connectivity index (χ0v) is 10.5. The number of rotatable bonds is 2. The maximum absolute atomic E-state index is 10.9. The molecule has 1 heterocycles. The molecule has 5 nitrogen and oxygen atoms in total. The van der Waals surface area contributed by atoms with E-state index in [0.717, 1.165) is 0 Å². The van der Waals surface area contributed by atoms with Gasteiger partial charge in [0.2, 0.25) is 0 Å². The highest BCUT2D eigenvalue weighted by Gasteiger charge is 2.39. The molecule has 92 valence electrons. The number of hydrogen-bond acceptors (Lipinski definition) is 4. The summed E-state index contributed by atoms with van der Waals surface area (Å²) in [5.74, 6) is 0. The van der Waals surface area contributed by atoms with E-state index in [1.807, 2.05) is 0 Å². The van der Waals surface area contributed by atoms with Gasteiger partial charge in [-0.1, -0.05) is 23.2 Å². The smallest absolute Gasteiger partial charge is 0.294 e. The van der Waals surface area contributed by atoms with Crippen LogP contribution in [0.5, 0.6) is 0 Å². The number of aliphatic hydroxyl groups is 1. The molecule has 0 amide bonds. The Labute approximate surface area is 108 Å². The predicted molar refractivity (Wildman–Crippen MR) is 66.0 cm³/mol. The van der Waals surface area contributed by atoms with E-state index in [0.29, 0.717) is 18.8 Å². The molecule has 1 aromatic rings. The van der Waals surface area contributed by atoms with E-state index < -0.39 is 10.5 Å². The molecule has 1 aliphatic rings. The second-order valence-electron chi connectivity index (χ2n) is 4.37. The van der Waals surface area contributed by atoms with Gasteiger partial charge in [0, 0.05) is 19.2 Å². The third-order valence-corrected chi connectivity index (χ3v) is 3.34. The van der Waals surface area contributed by atoms with Crippen LogP contribution in [0.15, 0.2) is 12.1 Å².